The highest BCUT2D eigenvalue weighted by atomic mass is 32.2. The minimum absolute atomic E-state index is 0.0237. The second-order valence-electron chi connectivity index (χ2n) is 9.28. The molecule has 1 aliphatic rings. The number of nitrogens with zero attached hydrogens (tertiary/aromatic N) is 2. The van der Waals surface area contributed by atoms with E-state index in [0.29, 0.717) is 12.2 Å². The van der Waals surface area contributed by atoms with Crippen LogP contribution in [0.2, 0.25) is 0 Å². The maximum atomic E-state index is 13.0. The van der Waals surface area contributed by atoms with Crippen LogP contribution in [0.4, 0.5) is 5.69 Å². The monoisotopic (exact) mass is 509 g/mol. The van der Waals surface area contributed by atoms with Gasteiger partial charge >= 0.3 is 0 Å². The van der Waals surface area contributed by atoms with E-state index in [-0.39, 0.29) is 16.6 Å². The number of carbonyl (C=O) groups excluding carboxylic acids is 1. The fourth-order valence-corrected chi connectivity index (χ4v) is 5.63. The molecular weight excluding hydrogens is 478 g/mol. The van der Waals surface area contributed by atoms with Gasteiger partial charge in [-0.25, -0.2) is 21.1 Å². The van der Waals surface area contributed by atoms with Gasteiger partial charge in [-0.3, -0.25) is 9.10 Å². The topological polar surface area (TPSA) is 113 Å². The quantitative estimate of drug-likeness (QED) is 0.613. The molecule has 0 saturated heterocycles. The lowest BCUT2D eigenvalue weighted by molar-refractivity contribution is -0.120. The van der Waals surface area contributed by atoms with Gasteiger partial charge < -0.3 is 10.1 Å². The summed E-state index contributed by atoms with van der Waals surface area (Å²) in [6.45, 7) is 5.37. The molecule has 1 heterocycles. The predicted octanol–water partition coefficient (Wildman–Crippen LogP) is 2.43. The summed E-state index contributed by atoms with van der Waals surface area (Å²) in [6, 6.07) is 10.8. The second kappa shape index (κ2) is 9.20. The van der Waals surface area contributed by atoms with Crippen molar-refractivity contribution in [1.82, 2.24) is 9.62 Å². The van der Waals surface area contributed by atoms with Crippen molar-refractivity contribution >= 4 is 31.6 Å². The fourth-order valence-electron chi connectivity index (χ4n) is 3.87. The van der Waals surface area contributed by atoms with Crippen LogP contribution >= 0.6 is 0 Å². The van der Waals surface area contributed by atoms with Crippen LogP contribution in [0.1, 0.15) is 37.4 Å². The van der Waals surface area contributed by atoms with Gasteiger partial charge in [0.1, 0.15) is 17.9 Å². The summed E-state index contributed by atoms with van der Waals surface area (Å²) in [5, 5.41) is 2.95. The largest absolute Gasteiger partial charge is 0.487 e. The summed E-state index contributed by atoms with van der Waals surface area (Å²) in [5.41, 5.74) is 1.55. The summed E-state index contributed by atoms with van der Waals surface area (Å²) in [6.07, 6.45) is 1.52. The van der Waals surface area contributed by atoms with Gasteiger partial charge in [0, 0.05) is 26.1 Å². The smallest absolute Gasteiger partial charge is 0.242 e. The zero-order valence-electron chi connectivity index (χ0n) is 20.2. The maximum Gasteiger partial charge on any atom is 0.242 e. The molecule has 1 aliphatic heterocycles. The van der Waals surface area contributed by atoms with E-state index in [1.165, 1.54) is 38.4 Å². The van der Waals surface area contributed by atoms with E-state index < -0.39 is 38.1 Å². The molecular formula is C23H31N3O6S2. The molecule has 11 heteroatoms. The minimum atomic E-state index is -3.82. The van der Waals surface area contributed by atoms with Crippen molar-refractivity contribution in [2.75, 3.05) is 31.2 Å². The van der Waals surface area contributed by atoms with Gasteiger partial charge in [-0.1, -0.05) is 17.7 Å². The highest BCUT2D eigenvalue weighted by Crippen LogP contribution is 2.39. The van der Waals surface area contributed by atoms with Crippen LogP contribution in [0.5, 0.6) is 5.75 Å². The van der Waals surface area contributed by atoms with Gasteiger partial charge in [-0.2, -0.15) is 0 Å². The molecule has 0 aromatic heterocycles. The third-order valence-electron chi connectivity index (χ3n) is 5.55. The summed E-state index contributed by atoms with van der Waals surface area (Å²) in [5.74, 6) is 0.204. The number of aryl methyl sites for hydroxylation is 1. The third kappa shape index (κ3) is 5.70. The summed E-state index contributed by atoms with van der Waals surface area (Å²) >= 11 is 0. The molecule has 0 saturated carbocycles. The van der Waals surface area contributed by atoms with Crippen LogP contribution in [0.3, 0.4) is 0 Å². The Kier molecular flexibility index (Phi) is 7.03. The Hall–Kier alpha value is -2.63. The Labute approximate surface area is 201 Å². The third-order valence-corrected chi connectivity index (χ3v) is 8.52. The number of carbonyl (C=O) groups is 1. The predicted molar refractivity (Wildman–Crippen MR) is 131 cm³/mol. The number of fused-ring (bicyclic) bond motifs is 1. The van der Waals surface area contributed by atoms with Crippen molar-refractivity contribution in [2.24, 2.45) is 0 Å². The Morgan fingerprint density at radius 2 is 1.71 bits per heavy atom. The van der Waals surface area contributed by atoms with E-state index in [0.717, 1.165) is 26.0 Å². The fraction of sp³-hybridized carbons (Fsp3) is 0.435. The molecule has 1 atom stereocenters. The molecule has 1 N–H and O–H groups in total. The van der Waals surface area contributed by atoms with E-state index in [9.17, 15) is 21.6 Å². The zero-order chi connectivity index (χ0) is 25.5. The first-order valence-electron chi connectivity index (χ1n) is 10.7. The molecule has 0 aliphatic carbocycles. The maximum absolute atomic E-state index is 13.0. The molecule has 186 valence electrons. The van der Waals surface area contributed by atoms with Gasteiger partial charge in [-0.05, 0) is 51.1 Å². The van der Waals surface area contributed by atoms with Crippen molar-refractivity contribution in [3.63, 3.8) is 0 Å². The Balaban J connectivity index is 1.85. The van der Waals surface area contributed by atoms with E-state index >= 15 is 0 Å². The van der Waals surface area contributed by atoms with Gasteiger partial charge in [0.25, 0.3) is 0 Å². The van der Waals surface area contributed by atoms with Crippen LogP contribution in [0.25, 0.3) is 0 Å². The molecule has 9 nitrogen and oxygen atoms in total. The number of sulfonamides is 2. The number of hydrogen-bond acceptors (Lipinski definition) is 6. The van der Waals surface area contributed by atoms with E-state index in [1.54, 1.807) is 0 Å². The molecule has 0 radical (unpaired) electrons. The first kappa shape index (κ1) is 26.0. The summed E-state index contributed by atoms with van der Waals surface area (Å²) in [7, 11) is -4.67. The van der Waals surface area contributed by atoms with E-state index in [4.69, 9.17) is 4.74 Å². The number of nitrogens with one attached hydrogen (secondary N) is 1. The summed E-state index contributed by atoms with van der Waals surface area (Å²) in [4.78, 5) is 13.0. The average molecular weight is 510 g/mol. The van der Waals surface area contributed by atoms with Crippen molar-refractivity contribution in [3.05, 3.63) is 53.6 Å². The molecule has 0 bridgehead atoms. The molecule has 2 aromatic carbocycles. The Morgan fingerprint density at radius 3 is 2.26 bits per heavy atom. The molecule has 1 amide bonds. The van der Waals surface area contributed by atoms with Crippen LogP contribution in [-0.4, -0.2) is 59.5 Å². The van der Waals surface area contributed by atoms with Gasteiger partial charge in [0.2, 0.25) is 26.0 Å². The van der Waals surface area contributed by atoms with Crippen molar-refractivity contribution in [1.29, 1.82) is 0 Å². The number of hydrogen-bond donors (Lipinski definition) is 1. The highest BCUT2D eigenvalue weighted by molar-refractivity contribution is 7.92. The summed E-state index contributed by atoms with van der Waals surface area (Å²) < 4.78 is 57.7. The lowest BCUT2D eigenvalue weighted by atomic mass is 9.89. The van der Waals surface area contributed by atoms with Crippen molar-refractivity contribution in [2.45, 2.75) is 43.7 Å². The van der Waals surface area contributed by atoms with Crippen LogP contribution in [-0.2, 0) is 24.8 Å². The Bertz CT molecular complexity index is 1290. The van der Waals surface area contributed by atoms with Crippen LogP contribution in [0.15, 0.2) is 47.4 Å². The van der Waals surface area contributed by atoms with Crippen molar-refractivity contribution < 1.29 is 26.4 Å². The van der Waals surface area contributed by atoms with Gasteiger partial charge in [0.15, 0.2) is 0 Å². The highest BCUT2D eigenvalue weighted by Gasteiger charge is 2.35. The number of rotatable bonds is 7. The van der Waals surface area contributed by atoms with E-state index in [2.05, 4.69) is 5.32 Å². The second-order valence-corrected chi connectivity index (χ2v) is 13.3. The number of ether oxygens (including phenoxy) is 1. The average Bonchev–Trinajstić information content (AvgIpc) is 2.71. The van der Waals surface area contributed by atoms with Gasteiger partial charge in [-0.15, -0.1) is 0 Å². The molecule has 34 heavy (non-hydrogen) atoms. The lowest BCUT2D eigenvalue weighted by Gasteiger charge is -2.38. The first-order valence-corrected chi connectivity index (χ1v) is 14.0. The standard InChI is InChI=1S/C23H31N3O6S2/c1-16-7-12-21-19(13-16)20(14-23(2,3)32-21)24-22(27)15-26(33(6,28)29)17-8-10-18(11-9-17)34(30,31)25(4)5/h7-13,20H,14-15H2,1-6H3,(H,24,27). The normalized spacial score (nSPS) is 17.6. The molecule has 3 rings (SSSR count). The van der Waals surface area contributed by atoms with Crippen molar-refractivity contribution in [3.8, 4) is 5.75 Å². The van der Waals surface area contributed by atoms with Crippen LogP contribution in [0, 0.1) is 6.92 Å². The molecule has 0 spiro atoms. The molecule has 0 fully saturated rings. The lowest BCUT2D eigenvalue weighted by Crippen LogP contribution is -2.45. The Morgan fingerprint density at radius 1 is 1.09 bits per heavy atom. The number of anilines is 1. The number of amides is 1. The van der Waals surface area contributed by atoms with E-state index in [1.807, 2.05) is 39.0 Å². The number of benzene rings is 2. The SMILES string of the molecule is Cc1ccc2c(c1)C(NC(=O)CN(c1ccc(S(=O)(=O)N(C)C)cc1)S(C)(=O)=O)CC(C)(C)O2. The first-order chi connectivity index (χ1) is 15.6. The minimum Gasteiger partial charge on any atom is -0.487 e. The molecule has 2 aromatic rings. The van der Waals surface area contributed by atoms with Gasteiger partial charge in [0.05, 0.1) is 22.9 Å². The molecule has 1 unspecified atom stereocenters. The van der Waals surface area contributed by atoms with Crippen LogP contribution < -0.4 is 14.4 Å². The zero-order valence-corrected chi connectivity index (χ0v) is 21.8.